The van der Waals surface area contributed by atoms with Crippen molar-refractivity contribution in [2.75, 3.05) is 5.32 Å². The van der Waals surface area contributed by atoms with Gasteiger partial charge in [0.1, 0.15) is 29.8 Å². The van der Waals surface area contributed by atoms with Crippen molar-refractivity contribution in [1.29, 1.82) is 5.26 Å². The topological polar surface area (TPSA) is 62.1 Å². The summed E-state index contributed by atoms with van der Waals surface area (Å²) >= 11 is 6.06. The summed E-state index contributed by atoms with van der Waals surface area (Å²) in [5, 5.41) is 14.5. The number of hydrogen-bond donors (Lipinski definition) is 1. The second kappa shape index (κ2) is 9.99. The molecular weight excluding hydrogens is 439 g/mol. The van der Waals surface area contributed by atoms with Crippen molar-refractivity contribution in [3.8, 4) is 11.8 Å². The van der Waals surface area contributed by atoms with E-state index in [1.165, 1.54) is 24.3 Å². The molecule has 0 unspecified atom stereocenters. The van der Waals surface area contributed by atoms with Crippen molar-refractivity contribution in [2.24, 2.45) is 0 Å². The monoisotopic (exact) mass is 456 g/mol. The molecule has 0 spiro atoms. The van der Waals surface area contributed by atoms with Crippen LogP contribution in [0.1, 0.15) is 11.1 Å². The van der Waals surface area contributed by atoms with Crippen LogP contribution in [0.4, 0.5) is 10.1 Å². The first-order chi connectivity index (χ1) is 16.0. The third kappa shape index (κ3) is 5.20. The maximum atomic E-state index is 14.0. The van der Waals surface area contributed by atoms with Gasteiger partial charge in [0.25, 0.3) is 5.91 Å². The zero-order valence-corrected chi connectivity index (χ0v) is 18.1. The molecule has 0 aliphatic heterocycles. The van der Waals surface area contributed by atoms with Crippen molar-refractivity contribution < 1.29 is 13.9 Å². The maximum absolute atomic E-state index is 14.0. The van der Waals surface area contributed by atoms with Crippen LogP contribution in [0.3, 0.4) is 0 Å². The van der Waals surface area contributed by atoms with Gasteiger partial charge >= 0.3 is 0 Å². The van der Waals surface area contributed by atoms with Crippen LogP contribution < -0.4 is 10.1 Å². The third-order valence-corrected chi connectivity index (χ3v) is 5.22. The molecule has 1 amide bonds. The first kappa shape index (κ1) is 22.1. The standard InChI is InChI=1S/C27H18ClFN2O2/c28-21-8-5-6-18(14-21)17-33-26-13-12-19-7-1-2-9-22(19)23(26)15-20(16-30)27(32)31-25-11-4-3-10-24(25)29/h1-15H,17H2,(H,31,32)/b20-15+. The fourth-order valence-electron chi connectivity index (χ4n) is 3.38. The number of carbonyl (C=O) groups is 1. The van der Waals surface area contributed by atoms with Gasteiger partial charge in [-0.05, 0) is 52.7 Å². The summed E-state index contributed by atoms with van der Waals surface area (Å²) in [4.78, 5) is 12.7. The molecule has 0 bridgehead atoms. The molecule has 0 saturated heterocycles. The zero-order chi connectivity index (χ0) is 23.2. The Morgan fingerprint density at radius 3 is 2.61 bits per heavy atom. The number of amides is 1. The number of nitrogens with zero attached hydrogens (tertiary/aromatic N) is 1. The number of para-hydroxylation sites is 1. The van der Waals surface area contributed by atoms with Crippen LogP contribution in [-0.2, 0) is 11.4 Å². The van der Waals surface area contributed by atoms with Crippen LogP contribution >= 0.6 is 11.6 Å². The van der Waals surface area contributed by atoms with Crippen molar-refractivity contribution in [3.05, 3.63) is 112 Å². The molecule has 0 radical (unpaired) electrons. The zero-order valence-electron chi connectivity index (χ0n) is 17.4. The van der Waals surface area contributed by atoms with E-state index in [4.69, 9.17) is 16.3 Å². The fraction of sp³-hybridized carbons (Fsp3) is 0.0370. The van der Waals surface area contributed by atoms with Gasteiger partial charge in [-0.1, -0.05) is 66.2 Å². The summed E-state index contributed by atoms with van der Waals surface area (Å²) in [6.45, 7) is 0.253. The molecule has 33 heavy (non-hydrogen) atoms. The minimum Gasteiger partial charge on any atom is -0.488 e. The fourth-order valence-corrected chi connectivity index (χ4v) is 3.60. The Hall–Kier alpha value is -4.14. The SMILES string of the molecule is N#C/C(=C\c1c(OCc2cccc(Cl)c2)ccc2ccccc12)C(=O)Nc1ccccc1F. The molecule has 4 aromatic carbocycles. The number of ether oxygens (including phenoxy) is 1. The van der Waals surface area contributed by atoms with E-state index in [1.54, 1.807) is 24.3 Å². The van der Waals surface area contributed by atoms with E-state index in [9.17, 15) is 14.4 Å². The molecule has 4 aromatic rings. The number of carbonyl (C=O) groups excluding carboxylic acids is 1. The van der Waals surface area contributed by atoms with Gasteiger partial charge in [0.2, 0.25) is 0 Å². The largest absolute Gasteiger partial charge is 0.488 e. The Kier molecular flexibility index (Phi) is 6.68. The molecular formula is C27H18ClFN2O2. The highest BCUT2D eigenvalue weighted by atomic mass is 35.5. The van der Waals surface area contributed by atoms with E-state index >= 15 is 0 Å². The predicted molar refractivity (Wildman–Crippen MR) is 128 cm³/mol. The van der Waals surface area contributed by atoms with Crippen LogP contribution in [0.15, 0.2) is 90.5 Å². The molecule has 0 aliphatic rings. The molecule has 0 saturated carbocycles. The van der Waals surface area contributed by atoms with E-state index in [1.807, 2.05) is 48.5 Å². The summed E-state index contributed by atoms with van der Waals surface area (Å²) in [6.07, 6.45) is 1.46. The minimum absolute atomic E-state index is 0.000926. The number of halogens is 2. The highest BCUT2D eigenvalue weighted by Gasteiger charge is 2.15. The Labute approximate surface area is 195 Å². The highest BCUT2D eigenvalue weighted by Crippen LogP contribution is 2.31. The summed E-state index contributed by atoms with van der Waals surface area (Å²) in [5.74, 6) is -0.796. The second-order valence-corrected chi connectivity index (χ2v) is 7.66. The van der Waals surface area contributed by atoms with E-state index in [0.29, 0.717) is 16.3 Å². The molecule has 0 aliphatic carbocycles. The number of nitrogens with one attached hydrogen (secondary N) is 1. The van der Waals surface area contributed by atoms with E-state index < -0.39 is 11.7 Å². The van der Waals surface area contributed by atoms with Gasteiger partial charge < -0.3 is 10.1 Å². The summed E-state index contributed by atoms with van der Waals surface area (Å²) < 4.78 is 20.0. The van der Waals surface area contributed by atoms with Crippen LogP contribution in [0, 0.1) is 17.1 Å². The van der Waals surface area contributed by atoms with Gasteiger partial charge in [-0.15, -0.1) is 0 Å². The predicted octanol–water partition coefficient (Wildman–Crippen LogP) is 6.76. The van der Waals surface area contributed by atoms with Gasteiger partial charge in [-0.2, -0.15) is 5.26 Å². The third-order valence-electron chi connectivity index (χ3n) is 4.99. The minimum atomic E-state index is -0.712. The normalized spacial score (nSPS) is 11.1. The van der Waals surface area contributed by atoms with Crippen LogP contribution in [0.2, 0.25) is 5.02 Å². The first-order valence-electron chi connectivity index (χ1n) is 10.1. The molecule has 0 atom stereocenters. The van der Waals surface area contributed by atoms with Crippen molar-refractivity contribution in [3.63, 3.8) is 0 Å². The lowest BCUT2D eigenvalue weighted by Gasteiger charge is -2.13. The van der Waals surface area contributed by atoms with Gasteiger partial charge in [-0.3, -0.25) is 4.79 Å². The average Bonchev–Trinajstić information content (AvgIpc) is 2.83. The molecule has 6 heteroatoms. The molecule has 4 nitrogen and oxygen atoms in total. The van der Waals surface area contributed by atoms with Gasteiger partial charge in [0.05, 0.1) is 5.69 Å². The molecule has 4 rings (SSSR count). The van der Waals surface area contributed by atoms with E-state index in [-0.39, 0.29) is 17.9 Å². The summed E-state index contributed by atoms with van der Waals surface area (Å²) in [7, 11) is 0. The number of fused-ring (bicyclic) bond motifs is 1. The molecule has 0 heterocycles. The average molecular weight is 457 g/mol. The number of nitriles is 1. The molecule has 162 valence electrons. The first-order valence-corrected chi connectivity index (χ1v) is 10.5. The van der Waals surface area contributed by atoms with Crippen LogP contribution in [0.5, 0.6) is 5.75 Å². The summed E-state index contributed by atoms with van der Waals surface area (Å²) in [5.41, 5.74) is 1.28. The highest BCUT2D eigenvalue weighted by molar-refractivity contribution is 6.30. The molecule has 0 fully saturated rings. The molecule has 1 N–H and O–H groups in total. The lowest BCUT2D eigenvalue weighted by Crippen LogP contribution is -2.14. The number of rotatable bonds is 6. The smallest absolute Gasteiger partial charge is 0.266 e. The Morgan fingerprint density at radius 2 is 1.82 bits per heavy atom. The quantitative estimate of drug-likeness (QED) is 0.257. The summed E-state index contributed by atoms with van der Waals surface area (Å²) in [6, 6.07) is 26.3. The number of hydrogen-bond acceptors (Lipinski definition) is 3. The van der Waals surface area contributed by atoms with Crippen molar-refractivity contribution in [2.45, 2.75) is 6.61 Å². The lowest BCUT2D eigenvalue weighted by atomic mass is 10.0. The number of benzene rings is 4. The van der Waals surface area contributed by atoms with Crippen LogP contribution in [0.25, 0.3) is 16.8 Å². The van der Waals surface area contributed by atoms with E-state index in [0.717, 1.165) is 16.3 Å². The van der Waals surface area contributed by atoms with Crippen molar-refractivity contribution in [1.82, 2.24) is 0 Å². The van der Waals surface area contributed by atoms with Gasteiger partial charge in [0.15, 0.2) is 0 Å². The lowest BCUT2D eigenvalue weighted by molar-refractivity contribution is -0.112. The second-order valence-electron chi connectivity index (χ2n) is 7.22. The molecule has 0 aromatic heterocycles. The van der Waals surface area contributed by atoms with E-state index in [2.05, 4.69) is 5.32 Å². The van der Waals surface area contributed by atoms with Crippen molar-refractivity contribution >= 4 is 40.0 Å². The Morgan fingerprint density at radius 1 is 1.03 bits per heavy atom. The number of anilines is 1. The van der Waals surface area contributed by atoms with Crippen LogP contribution in [-0.4, -0.2) is 5.91 Å². The maximum Gasteiger partial charge on any atom is 0.266 e. The Bertz CT molecular complexity index is 1410. The van der Waals surface area contributed by atoms with Gasteiger partial charge in [-0.25, -0.2) is 4.39 Å². The van der Waals surface area contributed by atoms with Gasteiger partial charge in [0, 0.05) is 10.6 Å². The Balaban J connectivity index is 1.71.